The van der Waals surface area contributed by atoms with Crippen LogP contribution in [0.1, 0.15) is 19.4 Å². The van der Waals surface area contributed by atoms with Crippen molar-refractivity contribution in [3.63, 3.8) is 0 Å². The van der Waals surface area contributed by atoms with Gasteiger partial charge in [-0.2, -0.15) is 5.26 Å². The molecular formula is C13H17N3O2. The van der Waals surface area contributed by atoms with Gasteiger partial charge < -0.3 is 10.1 Å². The van der Waals surface area contributed by atoms with E-state index in [0.29, 0.717) is 30.4 Å². The zero-order chi connectivity index (χ0) is 13.4. The summed E-state index contributed by atoms with van der Waals surface area (Å²) in [7, 11) is 0. The number of anilines is 1. The number of ether oxygens (including phenoxy) is 1. The first-order chi connectivity index (χ1) is 8.61. The van der Waals surface area contributed by atoms with Crippen molar-refractivity contribution in [2.75, 3.05) is 18.5 Å². The maximum absolute atomic E-state index is 11.4. The summed E-state index contributed by atoms with van der Waals surface area (Å²) in [5.74, 6) is 0. The fraction of sp³-hybridized carbons (Fsp3) is 0.385. The second-order valence-electron chi connectivity index (χ2n) is 4.06. The van der Waals surface area contributed by atoms with E-state index in [1.54, 1.807) is 24.3 Å². The first kappa shape index (κ1) is 14.0. The molecule has 0 spiro atoms. The molecule has 18 heavy (non-hydrogen) atoms. The molecule has 96 valence electrons. The predicted molar refractivity (Wildman–Crippen MR) is 69.3 cm³/mol. The van der Waals surface area contributed by atoms with E-state index in [1.165, 1.54) is 0 Å². The van der Waals surface area contributed by atoms with E-state index < -0.39 is 6.09 Å². The third kappa shape index (κ3) is 5.32. The lowest BCUT2D eigenvalue weighted by atomic mass is 10.2. The largest absolute Gasteiger partial charge is 0.448 e. The van der Waals surface area contributed by atoms with Crippen molar-refractivity contribution in [2.45, 2.75) is 19.9 Å². The van der Waals surface area contributed by atoms with Gasteiger partial charge in [0, 0.05) is 18.3 Å². The molecule has 0 aliphatic carbocycles. The molecule has 0 bridgehead atoms. The Morgan fingerprint density at radius 2 is 2.28 bits per heavy atom. The quantitative estimate of drug-likeness (QED) is 0.781. The van der Waals surface area contributed by atoms with E-state index >= 15 is 0 Å². The number of carbonyl (C=O) groups excluding carboxylic acids is 1. The number of rotatable bonds is 5. The van der Waals surface area contributed by atoms with Crippen LogP contribution in [-0.4, -0.2) is 25.3 Å². The Morgan fingerprint density at radius 3 is 2.94 bits per heavy atom. The van der Waals surface area contributed by atoms with Crippen molar-refractivity contribution >= 4 is 11.8 Å². The van der Waals surface area contributed by atoms with E-state index in [4.69, 9.17) is 10.00 Å². The first-order valence-electron chi connectivity index (χ1n) is 5.79. The maximum Gasteiger partial charge on any atom is 0.411 e. The lowest BCUT2D eigenvalue weighted by Gasteiger charge is -2.09. The summed E-state index contributed by atoms with van der Waals surface area (Å²) in [6, 6.07) is 9.03. The Balaban J connectivity index is 2.33. The molecule has 1 aromatic carbocycles. The third-order valence-corrected chi connectivity index (χ3v) is 2.13. The van der Waals surface area contributed by atoms with Crippen LogP contribution in [0.2, 0.25) is 0 Å². The van der Waals surface area contributed by atoms with Gasteiger partial charge in [0.2, 0.25) is 0 Å². The van der Waals surface area contributed by atoms with Crippen LogP contribution in [0.3, 0.4) is 0 Å². The molecule has 0 aliphatic rings. The van der Waals surface area contributed by atoms with Crippen molar-refractivity contribution in [3.05, 3.63) is 29.8 Å². The van der Waals surface area contributed by atoms with Crippen LogP contribution >= 0.6 is 0 Å². The van der Waals surface area contributed by atoms with E-state index in [2.05, 4.69) is 10.6 Å². The molecule has 0 radical (unpaired) electrons. The number of carbonyl (C=O) groups is 1. The molecule has 1 amide bonds. The van der Waals surface area contributed by atoms with Gasteiger partial charge in [0.1, 0.15) is 6.61 Å². The van der Waals surface area contributed by atoms with Gasteiger partial charge in [-0.25, -0.2) is 4.79 Å². The molecule has 0 saturated carbocycles. The van der Waals surface area contributed by atoms with Crippen molar-refractivity contribution in [2.24, 2.45) is 0 Å². The van der Waals surface area contributed by atoms with Crippen LogP contribution in [0.25, 0.3) is 0 Å². The second kappa shape index (κ2) is 7.30. The number of benzene rings is 1. The van der Waals surface area contributed by atoms with Crippen LogP contribution < -0.4 is 10.6 Å². The van der Waals surface area contributed by atoms with Crippen LogP contribution in [-0.2, 0) is 4.74 Å². The lowest BCUT2D eigenvalue weighted by Crippen LogP contribution is -2.28. The Labute approximate surface area is 107 Å². The topological polar surface area (TPSA) is 74.2 Å². The lowest BCUT2D eigenvalue weighted by molar-refractivity contribution is 0.161. The number of nitrogens with one attached hydrogen (secondary N) is 2. The summed E-state index contributed by atoms with van der Waals surface area (Å²) in [6.07, 6.45) is -0.518. The minimum atomic E-state index is -0.518. The number of nitriles is 1. The molecule has 0 aliphatic heterocycles. The van der Waals surface area contributed by atoms with Crippen molar-refractivity contribution < 1.29 is 9.53 Å². The first-order valence-corrected chi connectivity index (χ1v) is 5.79. The Hall–Kier alpha value is -2.06. The highest BCUT2D eigenvalue weighted by Gasteiger charge is 2.03. The molecule has 5 heteroatoms. The molecule has 0 saturated heterocycles. The normalized spacial score (nSPS) is 9.89. The highest BCUT2D eigenvalue weighted by Crippen LogP contribution is 2.09. The number of amides is 1. The fourth-order valence-corrected chi connectivity index (χ4v) is 1.31. The van der Waals surface area contributed by atoms with E-state index in [1.807, 2.05) is 19.9 Å². The van der Waals surface area contributed by atoms with Gasteiger partial charge in [-0.05, 0) is 18.2 Å². The van der Waals surface area contributed by atoms with E-state index in [-0.39, 0.29) is 0 Å². The summed E-state index contributed by atoms with van der Waals surface area (Å²) >= 11 is 0. The summed E-state index contributed by atoms with van der Waals surface area (Å²) in [6.45, 7) is 4.96. The smallest absolute Gasteiger partial charge is 0.411 e. The molecule has 5 nitrogen and oxygen atoms in total. The van der Waals surface area contributed by atoms with Gasteiger partial charge in [0.05, 0.1) is 11.6 Å². The van der Waals surface area contributed by atoms with Gasteiger partial charge in [0.25, 0.3) is 0 Å². The van der Waals surface area contributed by atoms with E-state index in [9.17, 15) is 4.79 Å². The molecular weight excluding hydrogens is 230 g/mol. The Bertz CT molecular complexity index is 438. The van der Waals surface area contributed by atoms with Crippen LogP contribution in [0, 0.1) is 11.3 Å². The van der Waals surface area contributed by atoms with Crippen molar-refractivity contribution in [1.29, 1.82) is 5.26 Å². The van der Waals surface area contributed by atoms with Crippen molar-refractivity contribution in [3.8, 4) is 6.07 Å². The molecule has 1 aromatic rings. The van der Waals surface area contributed by atoms with Crippen LogP contribution in [0.15, 0.2) is 24.3 Å². The monoisotopic (exact) mass is 247 g/mol. The molecule has 0 fully saturated rings. The van der Waals surface area contributed by atoms with Gasteiger partial charge >= 0.3 is 6.09 Å². The zero-order valence-corrected chi connectivity index (χ0v) is 10.6. The van der Waals surface area contributed by atoms with Crippen LogP contribution in [0.4, 0.5) is 10.5 Å². The zero-order valence-electron chi connectivity index (χ0n) is 10.6. The SMILES string of the molecule is CC(C)NCCOC(=O)Nc1cccc(C#N)c1. The van der Waals surface area contributed by atoms with Crippen molar-refractivity contribution in [1.82, 2.24) is 5.32 Å². The number of hydrogen-bond donors (Lipinski definition) is 2. The van der Waals surface area contributed by atoms with Gasteiger partial charge in [-0.3, -0.25) is 5.32 Å². The maximum atomic E-state index is 11.4. The third-order valence-electron chi connectivity index (χ3n) is 2.13. The van der Waals surface area contributed by atoms with Gasteiger partial charge in [-0.15, -0.1) is 0 Å². The summed E-state index contributed by atoms with van der Waals surface area (Å²) in [4.78, 5) is 11.4. The number of nitrogens with zero attached hydrogens (tertiary/aromatic N) is 1. The average Bonchev–Trinajstić information content (AvgIpc) is 2.34. The van der Waals surface area contributed by atoms with E-state index in [0.717, 1.165) is 0 Å². The molecule has 0 unspecified atom stereocenters. The molecule has 0 aromatic heterocycles. The summed E-state index contributed by atoms with van der Waals surface area (Å²) in [5.41, 5.74) is 1.05. The fourth-order valence-electron chi connectivity index (χ4n) is 1.31. The Kier molecular flexibility index (Phi) is 5.68. The minimum Gasteiger partial charge on any atom is -0.448 e. The highest BCUT2D eigenvalue weighted by molar-refractivity contribution is 5.84. The second-order valence-corrected chi connectivity index (χ2v) is 4.06. The van der Waals surface area contributed by atoms with Gasteiger partial charge in [0.15, 0.2) is 0 Å². The Morgan fingerprint density at radius 1 is 1.50 bits per heavy atom. The molecule has 0 atom stereocenters. The van der Waals surface area contributed by atoms with Crippen LogP contribution in [0.5, 0.6) is 0 Å². The van der Waals surface area contributed by atoms with Gasteiger partial charge in [-0.1, -0.05) is 19.9 Å². The predicted octanol–water partition coefficient (Wildman–Crippen LogP) is 2.10. The molecule has 0 heterocycles. The average molecular weight is 247 g/mol. The minimum absolute atomic E-state index is 0.307. The summed E-state index contributed by atoms with van der Waals surface area (Å²) in [5, 5.41) is 14.4. The summed E-state index contributed by atoms with van der Waals surface area (Å²) < 4.78 is 4.97. The molecule has 1 rings (SSSR count). The number of hydrogen-bond acceptors (Lipinski definition) is 4. The molecule has 2 N–H and O–H groups in total. The standard InChI is InChI=1S/C13H17N3O2/c1-10(2)15-6-7-18-13(17)16-12-5-3-4-11(8-12)9-14/h3-5,8,10,15H,6-7H2,1-2H3,(H,16,17). The highest BCUT2D eigenvalue weighted by atomic mass is 16.5.